The lowest BCUT2D eigenvalue weighted by Crippen LogP contribution is -2.53. The lowest BCUT2D eigenvalue weighted by molar-refractivity contribution is -0.134. The van der Waals surface area contributed by atoms with Crippen molar-refractivity contribution in [3.8, 4) is 0 Å². The molecule has 1 aromatic heterocycles. The number of fused-ring (bicyclic) bond motifs is 6. The largest absolute Gasteiger partial charge is 0.511 e. The van der Waals surface area contributed by atoms with Crippen molar-refractivity contribution in [3.63, 3.8) is 0 Å². The van der Waals surface area contributed by atoms with Crippen LogP contribution in [0.25, 0.3) is 0 Å². The van der Waals surface area contributed by atoms with Crippen LogP contribution in [0.4, 0.5) is 10.1 Å². The number of aromatic nitrogens is 1. The van der Waals surface area contributed by atoms with Crippen LogP contribution in [0.5, 0.6) is 0 Å². The van der Waals surface area contributed by atoms with Gasteiger partial charge in [0.2, 0.25) is 0 Å². The Hall–Kier alpha value is -3.27. The molecule has 2 N–H and O–H groups in total. The number of hydrogen-bond acceptors (Lipinski definition) is 6. The molecule has 2 aliphatic heterocycles. The molecule has 4 aliphatic rings. The number of rotatable bonds is 3. The van der Waals surface area contributed by atoms with Crippen LogP contribution >= 0.6 is 0 Å². The van der Waals surface area contributed by atoms with Crippen molar-refractivity contribution in [3.05, 3.63) is 65.4 Å². The minimum Gasteiger partial charge on any atom is -0.511 e. The Bertz CT molecular complexity index is 1340. The SMILES string of the molecule is O=C1C(C2=NS(=O)(=O)c3cnccc3N2)=C(O)C2C([C@H]3CC[C@@H]2C3)N1Cc1ccc(F)cc1. The average Bonchev–Trinajstić information content (AvgIpc) is 3.40. The van der Waals surface area contributed by atoms with Gasteiger partial charge in [0.25, 0.3) is 15.9 Å². The van der Waals surface area contributed by atoms with Gasteiger partial charge in [0.05, 0.1) is 5.69 Å². The van der Waals surface area contributed by atoms with Crippen molar-refractivity contribution in [1.29, 1.82) is 0 Å². The van der Waals surface area contributed by atoms with E-state index >= 15 is 0 Å². The van der Waals surface area contributed by atoms with E-state index in [1.165, 1.54) is 30.6 Å². The van der Waals surface area contributed by atoms with Crippen LogP contribution in [0.3, 0.4) is 0 Å². The average molecular weight is 469 g/mol. The van der Waals surface area contributed by atoms with Crippen LogP contribution in [-0.4, -0.2) is 41.2 Å². The number of aliphatic hydroxyl groups excluding tert-OH is 1. The molecule has 10 heteroatoms. The molecular formula is C23H21FN4O4S. The summed E-state index contributed by atoms with van der Waals surface area (Å²) in [6.45, 7) is 0.237. The first-order chi connectivity index (χ1) is 15.8. The second-order valence-corrected chi connectivity index (χ2v) is 10.7. The fourth-order valence-corrected chi connectivity index (χ4v) is 7.02. The molecule has 2 aromatic rings. The van der Waals surface area contributed by atoms with Gasteiger partial charge in [-0.15, -0.1) is 4.40 Å². The predicted octanol–water partition coefficient (Wildman–Crippen LogP) is 3.00. The number of nitrogens with zero attached hydrogens (tertiary/aromatic N) is 3. The molecule has 2 bridgehead atoms. The normalized spacial score (nSPS) is 29.4. The molecule has 1 amide bonds. The Labute approximate surface area is 189 Å². The van der Waals surface area contributed by atoms with Crippen molar-refractivity contribution >= 4 is 27.5 Å². The van der Waals surface area contributed by atoms with Crippen molar-refractivity contribution in [1.82, 2.24) is 9.88 Å². The molecule has 0 spiro atoms. The van der Waals surface area contributed by atoms with Crippen LogP contribution in [0, 0.1) is 23.6 Å². The van der Waals surface area contributed by atoms with Gasteiger partial charge in [-0.25, -0.2) is 4.39 Å². The molecule has 2 aliphatic carbocycles. The highest BCUT2D eigenvalue weighted by atomic mass is 32.2. The molecule has 170 valence electrons. The molecular weight excluding hydrogens is 447 g/mol. The standard InChI is InChI=1S/C23H21FN4O4S/c24-15-5-1-12(2-6-15)11-28-20-14-4-3-13(9-14)18(20)21(29)19(23(28)30)22-26-16-7-8-25-10-17(16)33(31,32)27-22/h1-2,5-8,10,13-14,18,20,29H,3-4,9,11H2,(H,26,27)/t13-,14+,18?,20?/m1/s1. The number of carbonyl (C=O) groups is 1. The molecule has 8 nitrogen and oxygen atoms in total. The van der Waals surface area contributed by atoms with E-state index in [-0.39, 0.29) is 63.9 Å². The number of carbonyl (C=O) groups excluding carboxylic acids is 1. The number of sulfonamides is 1. The molecule has 0 saturated heterocycles. The minimum atomic E-state index is -4.10. The van der Waals surface area contributed by atoms with Crippen molar-refractivity contribution in [2.45, 2.75) is 36.7 Å². The molecule has 0 radical (unpaired) electrons. The van der Waals surface area contributed by atoms with E-state index in [1.54, 1.807) is 17.0 Å². The Morgan fingerprint density at radius 1 is 1.15 bits per heavy atom. The van der Waals surface area contributed by atoms with E-state index < -0.39 is 15.9 Å². The van der Waals surface area contributed by atoms with E-state index in [9.17, 15) is 22.7 Å². The first kappa shape index (κ1) is 20.3. The van der Waals surface area contributed by atoms with Gasteiger partial charge in [0.15, 0.2) is 5.84 Å². The number of anilines is 1. The molecule has 4 atom stereocenters. The number of benzene rings is 1. The zero-order valence-electron chi connectivity index (χ0n) is 17.5. The topological polar surface area (TPSA) is 112 Å². The molecule has 3 heterocycles. The molecule has 2 saturated carbocycles. The second kappa shape index (κ2) is 7.11. The van der Waals surface area contributed by atoms with Crippen LogP contribution in [-0.2, 0) is 21.4 Å². The molecule has 2 unspecified atom stereocenters. The van der Waals surface area contributed by atoms with E-state index in [1.807, 2.05) is 0 Å². The summed E-state index contributed by atoms with van der Waals surface area (Å²) >= 11 is 0. The van der Waals surface area contributed by atoms with E-state index in [2.05, 4.69) is 14.7 Å². The zero-order valence-corrected chi connectivity index (χ0v) is 18.3. The minimum absolute atomic E-state index is 0.0851. The van der Waals surface area contributed by atoms with Crippen molar-refractivity contribution in [2.75, 3.05) is 5.32 Å². The van der Waals surface area contributed by atoms with Crippen LogP contribution in [0.2, 0.25) is 0 Å². The lowest BCUT2D eigenvalue weighted by atomic mass is 9.77. The molecule has 1 aromatic carbocycles. The quantitative estimate of drug-likeness (QED) is 0.716. The third-order valence-electron chi connectivity index (χ3n) is 7.31. The Balaban J connectivity index is 1.45. The van der Waals surface area contributed by atoms with Crippen molar-refractivity contribution in [2.24, 2.45) is 22.2 Å². The van der Waals surface area contributed by atoms with E-state index in [0.29, 0.717) is 0 Å². The van der Waals surface area contributed by atoms with E-state index in [4.69, 9.17) is 0 Å². The van der Waals surface area contributed by atoms with Gasteiger partial charge in [0, 0.05) is 30.9 Å². The summed E-state index contributed by atoms with van der Waals surface area (Å²) in [6.07, 6.45) is 5.48. The van der Waals surface area contributed by atoms with Crippen molar-refractivity contribution < 1.29 is 22.7 Å². The highest BCUT2D eigenvalue weighted by Crippen LogP contribution is 2.55. The number of amidine groups is 1. The van der Waals surface area contributed by atoms with Crippen LogP contribution in [0.15, 0.2) is 63.4 Å². The van der Waals surface area contributed by atoms with Gasteiger partial charge in [-0.2, -0.15) is 8.42 Å². The first-order valence-corrected chi connectivity index (χ1v) is 12.3. The summed E-state index contributed by atoms with van der Waals surface area (Å²) in [6, 6.07) is 7.27. The summed E-state index contributed by atoms with van der Waals surface area (Å²) in [5.74, 6) is -0.902. The van der Waals surface area contributed by atoms with E-state index in [0.717, 1.165) is 24.8 Å². The summed E-state index contributed by atoms with van der Waals surface area (Å²) in [5.41, 5.74) is 0.898. The molecule has 33 heavy (non-hydrogen) atoms. The van der Waals surface area contributed by atoms with Crippen LogP contribution < -0.4 is 5.32 Å². The zero-order chi connectivity index (χ0) is 22.9. The summed E-state index contributed by atoms with van der Waals surface area (Å²) in [4.78, 5) is 19.2. The third-order valence-corrected chi connectivity index (χ3v) is 8.61. The maximum absolute atomic E-state index is 13.8. The second-order valence-electron chi connectivity index (χ2n) is 9.08. The Kier molecular flexibility index (Phi) is 4.39. The first-order valence-electron chi connectivity index (χ1n) is 10.9. The highest BCUT2D eigenvalue weighted by molar-refractivity contribution is 7.90. The van der Waals surface area contributed by atoms with Gasteiger partial charge in [0.1, 0.15) is 22.0 Å². The highest BCUT2D eigenvalue weighted by Gasteiger charge is 2.57. The number of hydrogen-bond donors (Lipinski definition) is 2. The van der Waals surface area contributed by atoms with Gasteiger partial charge in [-0.05, 0) is 54.9 Å². The maximum Gasteiger partial charge on any atom is 0.287 e. The van der Waals surface area contributed by atoms with Gasteiger partial charge in [-0.1, -0.05) is 12.1 Å². The maximum atomic E-state index is 13.8. The number of halogens is 1. The number of pyridine rings is 1. The Morgan fingerprint density at radius 2 is 1.91 bits per heavy atom. The van der Waals surface area contributed by atoms with Crippen LogP contribution in [0.1, 0.15) is 24.8 Å². The molecule has 6 rings (SSSR count). The predicted molar refractivity (Wildman–Crippen MR) is 117 cm³/mol. The number of nitrogens with one attached hydrogen (secondary N) is 1. The fraction of sp³-hybridized carbons (Fsp3) is 0.348. The number of amides is 1. The monoisotopic (exact) mass is 468 g/mol. The fourth-order valence-electron chi connectivity index (χ4n) is 5.95. The third kappa shape index (κ3) is 3.07. The molecule has 2 fully saturated rings. The number of aliphatic hydroxyl groups is 1. The van der Waals surface area contributed by atoms with Gasteiger partial charge >= 0.3 is 0 Å². The smallest absolute Gasteiger partial charge is 0.287 e. The Morgan fingerprint density at radius 3 is 2.70 bits per heavy atom. The summed E-state index contributed by atoms with van der Waals surface area (Å²) in [7, 11) is -4.10. The summed E-state index contributed by atoms with van der Waals surface area (Å²) < 4.78 is 42.8. The van der Waals surface area contributed by atoms with Gasteiger partial charge in [-0.3, -0.25) is 9.78 Å². The summed E-state index contributed by atoms with van der Waals surface area (Å²) in [5, 5.41) is 14.2. The lowest BCUT2D eigenvalue weighted by Gasteiger charge is -2.44. The van der Waals surface area contributed by atoms with Gasteiger partial charge < -0.3 is 15.3 Å².